The van der Waals surface area contributed by atoms with Crippen molar-refractivity contribution in [2.24, 2.45) is 0 Å². The van der Waals surface area contributed by atoms with E-state index in [1.165, 1.54) is 31.5 Å². The molecule has 0 saturated carbocycles. The van der Waals surface area contributed by atoms with Gasteiger partial charge in [-0.05, 0) is 30.3 Å². The van der Waals surface area contributed by atoms with Crippen LogP contribution in [0.5, 0.6) is 5.75 Å². The molecular weight excluding hydrogens is 293 g/mol. The number of fused-ring (bicyclic) bond motifs is 1. The first-order valence-corrected chi connectivity index (χ1v) is 7.64. The highest BCUT2D eigenvalue weighted by molar-refractivity contribution is 7.90. The Balaban J connectivity index is 2.28. The molecule has 0 bridgehead atoms. The van der Waals surface area contributed by atoms with Gasteiger partial charge >= 0.3 is 0 Å². The Morgan fingerprint density at radius 2 is 1.81 bits per heavy atom. The number of hydrogen-bond donors (Lipinski definition) is 0. The van der Waals surface area contributed by atoms with Crippen LogP contribution < -0.4 is 4.74 Å². The summed E-state index contributed by atoms with van der Waals surface area (Å²) in [6.07, 6.45) is 1.40. The minimum atomic E-state index is -3.99. The summed E-state index contributed by atoms with van der Waals surface area (Å²) in [5.41, 5.74) is 0.442. The molecule has 3 aromatic rings. The van der Waals surface area contributed by atoms with Crippen LogP contribution in [0.15, 0.2) is 59.6 Å². The third-order valence-corrected chi connectivity index (χ3v) is 4.97. The van der Waals surface area contributed by atoms with Gasteiger partial charge in [0.15, 0.2) is 0 Å². The molecule has 0 amide bonds. The molecule has 0 fully saturated rings. The van der Waals surface area contributed by atoms with E-state index in [1.807, 2.05) is 0 Å². The number of aromatic nitrogens is 1. The van der Waals surface area contributed by atoms with E-state index in [1.54, 1.807) is 24.3 Å². The summed E-state index contributed by atoms with van der Waals surface area (Å²) in [5, 5.41) is 0.653. The van der Waals surface area contributed by atoms with E-state index in [4.69, 9.17) is 4.74 Å². The fourth-order valence-corrected chi connectivity index (χ4v) is 3.68. The number of methoxy groups -OCH3 is 1. The number of benzene rings is 2. The second kappa shape index (κ2) is 4.89. The Morgan fingerprint density at radius 3 is 2.52 bits per heavy atom. The molecule has 0 atom stereocenters. The monoisotopic (exact) mass is 305 g/mol. The molecule has 3 rings (SSSR count). The molecule has 2 aromatic carbocycles. The van der Waals surface area contributed by atoms with Gasteiger partial charge in [0.25, 0.3) is 10.0 Å². The summed E-state index contributed by atoms with van der Waals surface area (Å²) in [5.74, 6) is -0.211. The third kappa shape index (κ3) is 2.08. The molecule has 21 heavy (non-hydrogen) atoms. The predicted octanol–water partition coefficient (Wildman–Crippen LogP) is 3.03. The molecule has 0 aliphatic carbocycles. The minimum Gasteiger partial charge on any atom is -0.496 e. The van der Waals surface area contributed by atoms with Gasteiger partial charge in [0.05, 0.1) is 12.6 Å². The van der Waals surface area contributed by atoms with E-state index in [0.29, 0.717) is 16.7 Å². The van der Waals surface area contributed by atoms with E-state index >= 15 is 0 Å². The molecule has 0 unspecified atom stereocenters. The average molecular weight is 305 g/mol. The van der Waals surface area contributed by atoms with Crippen molar-refractivity contribution in [2.75, 3.05) is 7.11 Å². The topological polar surface area (TPSA) is 48.3 Å². The van der Waals surface area contributed by atoms with Gasteiger partial charge in [-0.2, -0.15) is 0 Å². The first-order valence-electron chi connectivity index (χ1n) is 6.20. The summed E-state index contributed by atoms with van der Waals surface area (Å²) < 4.78 is 45.3. The van der Waals surface area contributed by atoms with Crippen molar-refractivity contribution in [1.29, 1.82) is 0 Å². The zero-order valence-corrected chi connectivity index (χ0v) is 12.0. The van der Waals surface area contributed by atoms with Crippen molar-refractivity contribution >= 4 is 20.9 Å². The van der Waals surface area contributed by atoms with Crippen molar-refractivity contribution in [3.63, 3.8) is 0 Å². The average Bonchev–Trinajstić information content (AvgIpc) is 2.92. The SMILES string of the molecule is COc1cccc2c1ccn2S(=O)(=O)c1ccccc1F. The molecule has 0 aliphatic heterocycles. The van der Waals surface area contributed by atoms with Gasteiger partial charge in [0.2, 0.25) is 0 Å². The summed E-state index contributed by atoms with van der Waals surface area (Å²) in [7, 11) is -2.48. The highest BCUT2D eigenvalue weighted by Crippen LogP contribution is 2.29. The highest BCUT2D eigenvalue weighted by atomic mass is 32.2. The molecular formula is C15H12FNO3S. The third-order valence-electron chi connectivity index (χ3n) is 3.25. The molecule has 0 radical (unpaired) electrons. The Morgan fingerprint density at radius 1 is 1.05 bits per heavy atom. The van der Waals surface area contributed by atoms with Crippen LogP contribution in [-0.2, 0) is 10.0 Å². The van der Waals surface area contributed by atoms with Gasteiger partial charge in [-0.1, -0.05) is 18.2 Å². The fourth-order valence-electron chi connectivity index (χ4n) is 2.26. The fraction of sp³-hybridized carbons (Fsp3) is 0.0667. The van der Waals surface area contributed by atoms with Gasteiger partial charge in [0.1, 0.15) is 16.5 Å². The number of halogens is 1. The van der Waals surface area contributed by atoms with Crippen LogP contribution in [0.25, 0.3) is 10.9 Å². The van der Waals surface area contributed by atoms with Gasteiger partial charge in [-0.25, -0.2) is 16.8 Å². The van der Waals surface area contributed by atoms with E-state index < -0.39 is 15.8 Å². The molecule has 6 heteroatoms. The predicted molar refractivity (Wildman–Crippen MR) is 77.5 cm³/mol. The van der Waals surface area contributed by atoms with E-state index in [9.17, 15) is 12.8 Å². The van der Waals surface area contributed by atoms with Crippen molar-refractivity contribution < 1.29 is 17.5 Å². The lowest BCUT2D eigenvalue weighted by atomic mass is 10.2. The number of rotatable bonds is 3. The Kier molecular flexibility index (Phi) is 3.17. The number of hydrogen-bond acceptors (Lipinski definition) is 3. The molecule has 1 heterocycles. The second-order valence-electron chi connectivity index (χ2n) is 4.44. The van der Waals surface area contributed by atoms with Crippen LogP contribution in [0, 0.1) is 5.82 Å². The van der Waals surface area contributed by atoms with E-state index in [2.05, 4.69) is 0 Å². The zero-order valence-electron chi connectivity index (χ0n) is 11.2. The lowest BCUT2D eigenvalue weighted by molar-refractivity contribution is 0.420. The van der Waals surface area contributed by atoms with Gasteiger partial charge in [-0.15, -0.1) is 0 Å². The minimum absolute atomic E-state index is 0.356. The maximum absolute atomic E-state index is 13.8. The molecule has 0 aliphatic rings. The zero-order chi connectivity index (χ0) is 15.0. The highest BCUT2D eigenvalue weighted by Gasteiger charge is 2.22. The second-order valence-corrected chi connectivity index (χ2v) is 6.22. The van der Waals surface area contributed by atoms with Crippen LogP contribution in [-0.4, -0.2) is 19.5 Å². The Hall–Kier alpha value is -2.34. The van der Waals surface area contributed by atoms with E-state index in [0.717, 1.165) is 10.0 Å². The maximum atomic E-state index is 13.8. The summed E-state index contributed by atoms with van der Waals surface area (Å²) >= 11 is 0. The first-order chi connectivity index (χ1) is 10.1. The summed E-state index contributed by atoms with van der Waals surface area (Å²) in [6.45, 7) is 0. The molecule has 4 nitrogen and oxygen atoms in total. The number of nitrogens with zero attached hydrogens (tertiary/aromatic N) is 1. The van der Waals surface area contributed by atoms with Gasteiger partial charge < -0.3 is 4.74 Å². The molecule has 1 aromatic heterocycles. The van der Waals surface area contributed by atoms with Crippen molar-refractivity contribution in [2.45, 2.75) is 4.90 Å². The van der Waals surface area contributed by atoms with Crippen LogP contribution in [0.2, 0.25) is 0 Å². The standard InChI is InChI=1S/C15H12FNO3S/c1-20-14-7-4-6-13-11(14)9-10-17(13)21(18,19)15-8-3-2-5-12(15)16/h2-10H,1H3. The van der Waals surface area contributed by atoms with Crippen molar-refractivity contribution in [1.82, 2.24) is 3.97 Å². The molecule has 108 valence electrons. The molecule has 0 N–H and O–H groups in total. The van der Waals surface area contributed by atoms with Crippen molar-refractivity contribution in [3.8, 4) is 5.75 Å². The normalized spacial score (nSPS) is 11.7. The maximum Gasteiger partial charge on any atom is 0.271 e. The number of ether oxygens (including phenoxy) is 1. The van der Waals surface area contributed by atoms with Crippen molar-refractivity contribution in [3.05, 3.63) is 60.5 Å². The molecule has 0 saturated heterocycles. The summed E-state index contributed by atoms with van der Waals surface area (Å²) in [4.78, 5) is -0.356. The van der Waals surface area contributed by atoms with Crippen LogP contribution in [0.4, 0.5) is 4.39 Å². The smallest absolute Gasteiger partial charge is 0.271 e. The van der Waals surface area contributed by atoms with Crippen LogP contribution in [0.1, 0.15) is 0 Å². The van der Waals surface area contributed by atoms with E-state index in [-0.39, 0.29) is 4.90 Å². The largest absolute Gasteiger partial charge is 0.496 e. The lowest BCUT2D eigenvalue weighted by Crippen LogP contribution is -2.13. The van der Waals surface area contributed by atoms with Gasteiger partial charge in [-0.3, -0.25) is 0 Å². The Bertz CT molecular complexity index is 916. The van der Waals surface area contributed by atoms with Gasteiger partial charge in [0, 0.05) is 11.6 Å². The Labute approximate surface area is 121 Å². The van der Waals surface area contributed by atoms with Crippen LogP contribution >= 0.6 is 0 Å². The quantitative estimate of drug-likeness (QED) is 0.747. The first kappa shape index (κ1) is 13.6. The summed E-state index contributed by atoms with van der Waals surface area (Å²) in [6, 6.07) is 12.0. The van der Waals surface area contributed by atoms with Crippen LogP contribution in [0.3, 0.4) is 0 Å². The lowest BCUT2D eigenvalue weighted by Gasteiger charge is -2.09. The molecule has 0 spiro atoms.